The minimum Gasteiger partial charge on any atom is -0.493 e. The second-order valence-corrected chi connectivity index (χ2v) is 7.27. The molecule has 27 heavy (non-hydrogen) atoms. The molecule has 0 aliphatic carbocycles. The van der Waals surface area contributed by atoms with Crippen LogP contribution in [0.4, 0.5) is 0 Å². The predicted molar refractivity (Wildman–Crippen MR) is 107 cm³/mol. The van der Waals surface area contributed by atoms with Crippen LogP contribution in [0, 0.1) is 0 Å². The van der Waals surface area contributed by atoms with E-state index in [4.69, 9.17) is 21.1 Å². The largest absolute Gasteiger partial charge is 0.493 e. The summed E-state index contributed by atoms with van der Waals surface area (Å²) in [5.74, 6) is 1.05. The molecule has 6 heteroatoms. The average Bonchev–Trinajstić information content (AvgIpc) is 2.67. The van der Waals surface area contributed by atoms with Crippen molar-refractivity contribution in [3.05, 3.63) is 58.6 Å². The van der Waals surface area contributed by atoms with E-state index in [1.165, 1.54) is 0 Å². The number of ether oxygens (including phenoxy) is 2. The number of carbonyl (C=O) groups excluding carboxylic acids is 1. The molecule has 0 spiro atoms. The molecule has 1 fully saturated rings. The number of piperidine rings is 1. The van der Waals surface area contributed by atoms with Gasteiger partial charge in [0.1, 0.15) is 6.61 Å². The van der Waals surface area contributed by atoms with Crippen LogP contribution in [-0.4, -0.2) is 31.6 Å². The van der Waals surface area contributed by atoms with Crippen molar-refractivity contribution in [1.82, 2.24) is 10.6 Å². The molecule has 2 aromatic carbocycles. The first-order chi connectivity index (χ1) is 13.0. The number of rotatable bonds is 6. The minimum atomic E-state index is -0.0864. The lowest BCUT2D eigenvalue weighted by atomic mass is 10.0. The van der Waals surface area contributed by atoms with Gasteiger partial charge in [-0.1, -0.05) is 23.7 Å². The molecule has 3 rings (SSSR count). The van der Waals surface area contributed by atoms with Gasteiger partial charge in [0.05, 0.1) is 7.11 Å². The first-order valence-electron chi connectivity index (χ1n) is 9.14. The van der Waals surface area contributed by atoms with Gasteiger partial charge in [0.2, 0.25) is 0 Å². The van der Waals surface area contributed by atoms with Gasteiger partial charge in [0.15, 0.2) is 11.5 Å². The van der Waals surface area contributed by atoms with Gasteiger partial charge in [-0.2, -0.15) is 0 Å². The highest BCUT2D eigenvalue weighted by Crippen LogP contribution is 2.29. The maximum absolute atomic E-state index is 12.6. The van der Waals surface area contributed by atoms with Crippen LogP contribution in [0.1, 0.15) is 35.7 Å². The minimum absolute atomic E-state index is 0.0864. The molecular formula is C21H25ClN2O3. The molecule has 2 unspecified atom stereocenters. The smallest absolute Gasteiger partial charge is 0.251 e. The molecule has 1 heterocycles. The van der Waals surface area contributed by atoms with Crippen molar-refractivity contribution in [2.24, 2.45) is 0 Å². The van der Waals surface area contributed by atoms with Crippen molar-refractivity contribution in [3.8, 4) is 11.5 Å². The summed E-state index contributed by atoms with van der Waals surface area (Å²) < 4.78 is 11.3. The van der Waals surface area contributed by atoms with E-state index in [0.717, 1.165) is 24.9 Å². The molecule has 2 atom stereocenters. The number of hydrogen-bond donors (Lipinski definition) is 2. The number of amides is 1. The number of methoxy groups -OCH3 is 1. The molecule has 0 aromatic heterocycles. The molecule has 5 nitrogen and oxygen atoms in total. The highest BCUT2D eigenvalue weighted by atomic mass is 35.5. The fraction of sp³-hybridized carbons (Fsp3) is 0.381. The summed E-state index contributed by atoms with van der Waals surface area (Å²) >= 11 is 5.90. The first-order valence-corrected chi connectivity index (χ1v) is 9.52. The van der Waals surface area contributed by atoms with Crippen molar-refractivity contribution < 1.29 is 14.3 Å². The van der Waals surface area contributed by atoms with E-state index in [2.05, 4.69) is 17.6 Å². The fourth-order valence-corrected chi connectivity index (χ4v) is 3.33. The lowest BCUT2D eigenvalue weighted by Gasteiger charge is -2.28. The summed E-state index contributed by atoms with van der Waals surface area (Å²) in [4.78, 5) is 12.6. The summed E-state index contributed by atoms with van der Waals surface area (Å²) in [5.41, 5.74) is 1.57. The second kappa shape index (κ2) is 9.11. The molecule has 0 radical (unpaired) electrons. The molecule has 1 aliphatic rings. The van der Waals surface area contributed by atoms with Crippen LogP contribution in [0.5, 0.6) is 11.5 Å². The van der Waals surface area contributed by atoms with Gasteiger partial charge in [0, 0.05) is 22.7 Å². The zero-order valence-electron chi connectivity index (χ0n) is 15.6. The maximum Gasteiger partial charge on any atom is 0.251 e. The Balaban J connectivity index is 1.64. The van der Waals surface area contributed by atoms with E-state index in [0.29, 0.717) is 34.7 Å². The Morgan fingerprint density at radius 2 is 2.00 bits per heavy atom. The number of carbonyl (C=O) groups is 1. The summed E-state index contributed by atoms with van der Waals surface area (Å²) in [6.45, 7) is 3.45. The molecule has 1 saturated heterocycles. The van der Waals surface area contributed by atoms with Crippen LogP contribution in [0.2, 0.25) is 5.02 Å². The maximum atomic E-state index is 12.6. The summed E-state index contributed by atoms with van der Waals surface area (Å²) in [6, 6.07) is 13.3. The quantitative estimate of drug-likeness (QED) is 0.790. The molecule has 2 N–H and O–H groups in total. The highest BCUT2D eigenvalue weighted by Gasteiger charge is 2.21. The van der Waals surface area contributed by atoms with Crippen LogP contribution in [-0.2, 0) is 6.61 Å². The lowest BCUT2D eigenvalue weighted by molar-refractivity contribution is 0.0925. The molecule has 144 valence electrons. The number of halogens is 1. The lowest BCUT2D eigenvalue weighted by Crippen LogP contribution is -2.46. The zero-order chi connectivity index (χ0) is 19.2. The Morgan fingerprint density at radius 1 is 1.22 bits per heavy atom. The van der Waals surface area contributed by atoms with Gasteiger partial charge in [0.25, 0.3) is 5.91 Å². The normalized spacial score (nSPS) is 19.4. The van der Waals surface area contributed by atoms with Crippen LogP contribution >= 0.6 is 11.6 Å². The molecular weight excluding hydrogens is 364 g/mol. The van der Waals surface area contributed by atoms with E-state index in [1.54, 1.807) is 25.3 Å². The molecule has 1 amide bonds. The molecule has 2 aromatic rings. The Bertz CT molecular complexity index is 779. The topological polar surface area (TPSA) is 59.6 Å². The monoisotopic (exact) mass is 388 g/mol. The Hall–Kier alpha value is -2.24. The predicted octanol–water partition coefficient (Wildman–Crippen LogP) is 3.80. The van der Waals surface area contributed by atoms with Gasteiger partial charge in [-0.15, -0.1) is 0 Å². The van der Waals surface area contributed by atoms with Crippen LogP contribution in [0.15, 0.2) is 42.5 Å². The first kappa shape index (κ1) is 19.5. The van der Waals surface area contributed by atoms with Gasteiger partial charge in [-0.3, -0.25) is 4.79 Å². The number of nitrogens with one attached hydrogen (secondary N) is 2. The SMILES string of the molecule is COc1cc(C(=O)NC2CCNC(C)C2)ccc1OCc1ccc(Cl)cc1. The van der Waals surface area contributed by atoms with Crippen molar-refractivity contribution in [2.45, 2.75) is 38.5 Å². The van der Waals surface area contributed by atoms with Gasteiger partial charge >= 0.3 is 0 Å². The van der Waals surface area contributed by atoms with Gasteiger partial charge in [-0.25, -0.2) is 0 Å². The fourth-order valence-electron chi connectivity index (χ4n) is 3.20. The highest BCUT2D eigenvalue weighted by molar-refractivity contribution is 6.30. The summed E-state index contributed by atoms with van der Waals surface area (Å²) in [7, 11) is 1.57. The number of hydrogen-bond acceptors (Lipinski definition) is 4. The van der Waals surface area contributed by atoms with Crippen molar-refractivity contribution >= 4 is 17.5 Å². The van der Waals surface area contributed by atoms with E-state index in [-0.39, 0.29) is 11.9 Å². The van der Waals surface area contributed by atoms with E-state index >= 15 is 0 Å². The molecule has 0 saturated carbocycles. The molecule has 0 bridgehead atoms. The van der Waals surface area contributed by atoms with Gasteiger partial charge < -0.3 is 20.1 Å². The summed E-state index contributed by atoms with van der Waals surface area (Å²) in [6.07, 6.45) is 1.88. The zero-order valence-corrected chi connectivity index (χ0v) is 16.4. The van der Waals surface area contributed by atoms with E-state index in [1.807, 2.05) is 24.3 Å². The third kappa shape index (κ3) is 5.37. The average molecular weight is 389 g/mol. The van der Waals surface area contributed by atoms with Crippen molar-refractivity contribution in [1.29, 1.82) is 0 Å². The number of benzene rings is 2. The standard InChI is InChI=1S/C21H25ClN2O3/c1-14-11-18(9-10-23-14)24-21(25)16-5-8-19(20(12-16)26-2)27-13-15-3-6-17(22)7-4-15/h3-8,12,14,18,23H,9-11,13H2,1-2H3,(H,24,25). The third-order valence-electron chi connectivity index (χ3n) is 4.69. The van der Waals surface area contributed by atoms with Crippen molar-refractivity contribution in [3.63, 3.8) is 0 Å². The van der Waals surface area contributed by atoms with Crippen LogP contribution in [0.25, 0.3) is 0 Å². The summed E-state index contributed by atoms with van der Waals surface area (Å²) in [5, 5.41) is 7.19. The van der Waals surface area contributed by atoms with Crippen LogP contribution in [0.3, 0.4) is 0 Å². The Labute approximate surface area is 165 Å². The second-order valence-electron chi connectivity index (χ2n) is 6.83. The van der Waals surface area contributed by atoms with Crippen LogP contribution < -0.4 is 20.1 Å². The van der Waals surface area contributed by atoms with Gasteiger partial charge in [-0.05, 0) is 62.2 Å². The Morgan fingerprint density at radius 3 is 2.70 bits per heavy atom. The molecule has 1 aliphatic heterocycles. The van der Waals surface area contributed by atoms with E-state index < -0.39 is 0 Å². The van der Waals surface area contributed by atoms with Crippen molar-refractivity contribution in [2.75, 3.05) is 13.7 Å². The third-order valence-corrected chi connectivity index (χ3v) is 4.94. The van der Waals surface area contributed by atoms with E-state index in [9.17, 15) is 4.79 Å². The Kier molecular flexibility index (Phi) is 6.58.